The Labute approximate surface area is 55.9 Å². The van der Waals surface area contributed by atoms with Crippen LogP contribution in [0.15, 0.2) is 0 Å². The Bertz CT molecular complexity index is 180. The number of carboxylic acid groups (broad SMARTS) is 2. The first kappa shape index (κ1) is 8.23. The molecule has 0 aliphatic carbocycles. The van der Waals surface area contributed by atoms with Gasteiger partial charge in [-0.25, -0.2) is 9.59 Å². The quantitative estimate of drug-likeness (QED) is 0.510. The van der Waals surface area contributed by atoms with E-state index in [-0.39, 0.29) is 4.90 Å². The molecule has 0 aromatic carbocycles. The molecule has 6 heteroatoms. The van der Waals surface area contributed by atoms with Crippen LogP contribution in [0, 0.1) is 11.3 Å². The van der Waals surface area contributed by atoms with E-state index in [0.29, 0.717) is 0 Å². The topological polar surface area (TPSA) is 102 Å². The van der Waals surface area contributed by atoms with Gasteiger partial charge in [-0.05, 0) is 0 Å². The van der Waals surface area contributed by atoms with E-state index in [9.17, 15) is 9.59 Å². The van der Waals surface area contributed by atoms with Gasteiger partial charge >= 0.3 is 12.2 Å². The summed E-state index contributed by atoms with van der Waals surface area (Å²) in [5, 5.41) is 24.1. The molecule has 2 N–H and O–H groups in total. The van der Waals surface area contributed by atoms with Crippen LogP contribution < -0.4 is 0 Å². The molecule has 10 heavy (non-hydrogen) atoms. The van der Waals surface area contributed by atoms with Crippen LogP contribution in [0.5, 0.6) is 0 Å². The van der Waals surface area contributed by atoms with Crippen LogP contribution in [0.2, 0.25) is 0 Å². The fraction of sp³-hybridized carbons (Fsp3) is 0.250. The minimum Gasteiger partial charge on any atom is -0.464 e. The maximum absolute atomic E-state index is 9.92. The fourth-order valence-corrected chi connectivity index (χ4v) is 0.288. The Hall–Kier alpha value is -1.77. The summed E-state index contributed by atoms with van der Waals surface area (Å²) in [7, 11) is 0. The van der Waals surface area contributed by atoms with Crippen molar-refractivity contribution in [1.29, 1.82) is 5.26 Å². The lowest BCUT2D eigenvalue weighted by Crippen LogP contribution is -2.34. The molecule has 0 atom stereocenters. The standard InChI is InChI=1S/C4H4N2O4/c5-1-2-6(3(7)8)4(9)10/h2H2,(H,7,8)(H,9,10). The highest BCUT2D eigenvalue weighted by Crippen LogP contribution is 1.87. The smallest absolute Gasteiger partial charge is 0.417 e. The lowest BCUT2D eigenvalue weighted by molar-refractivity contribution is 0.128. The van der Waals surface area contributed by atoms with Gasteiger partial charge in [0.2, 0.25) is 0 Å². The predicted molar refractivity (Wildman–Crippen MR) is 28.4 cm³/mol. The van der Waals surface area contributed by atoms with Crippen molar-refractivity contribution >= 4 is 12.2 Å². The number of hydrogen-bond acceptors (Lipinski definition) is 3. The van der Waals surface area contributed by atoms with Crippen LogP contribution in [0.3, 0.4) is 0 Å². The van der Waals surface area contributed by atoms with Gasteiger partial charge in [-0.2, -0.15) is 10.2 Å². The van der Waals surface area contributed by atoms with E-state index in [1.807, 2.05) is 0 Å². The molecule has 0 aliphatic heterocycles. The maximum atomic E-state index is 9.92. The average Bonchev–Trinajstić information content (AvgIpc) is 1.81. The first-order valence-corrected chi connectivity index (χ1v) is 2.20. The highest BCUT2D eigenvalue weighted by molar-refractivity contribution is 5.85. The minimum atomic E-state index is -1.64. The van der Waals surface area contributed by atoms with E-state index in [1.54, 1.807) is 0 Å². The van der Waals surface area contributed by atoms with Gasteiger partial charge < -0.3 is 10.2 Å². The zero-order chi connectivity index (χ0) is 8.15. The molecular formula is C4H4N2O4. The molecule has 0 saturated heterocycles. The molecule has 0 saturated carbocycles. The molecule has 2 amide bonds. The molecule has 0 spiro atoms. The van der Waals surface area contributed by atoms with Crippen molar-refractivity contribution in [2.45, 2.75) is 0 Å². The summed E-state index contributed by atoms with van der Waals surface area (Å²) in [5.41, 5.74) is 0. The summed E-state index contributed by atoms with van der Waals surface area (Å²) in [5.74, 6) is 0. The van der Waals surface area contributed by atoms with Gasteiger partial charge in [0.1, 0.15) is 6.54 Å². The third kappa shape index (κ3) is 2.00. The second kappa shape index (κ2) is 3.29. The first-order chi connectivity index (χ1) is 4.59. The summed E-state index contributed by atoms with van der Waals surface area (Å²) in [6.45, 7) is -0.662. The average molecular weight is 144 g/mol. The molecule has 0 bridgehead atoms. The molecule has 0 radical (unpaired) electrons. The van der Waals surface area contributed by atoms with Gasteiger partial charge in [0.05, 0.1) is 6.07 Å². The lowest BCUT2D eigenvalue weighted by atomic mass is 10.6. The third-order valence-electron chi connectivity index (χ3n) is 0.691. The summed E-state index contributed by atoms with van der Waals surface area (Å²) in [6.07, 6.45) is -3.29. The predicted octanol–water partition coefficient (Wildman–Crippen LogP) is 0.168. The monoisotopic (exact) mass is 144 g/mol. The van der Waals surface area contributed by atoms with Crippen LogP contribution in [0.4, 0.5) is 9.59 Å². The van der Waals surface area contributed by atoms with Crippen LogP contribution in [-0.4, -0.2) is 33.8 Å². The van der Waals surface area contributed by atoms with E-state index in [1.165, 1.54) is 6.07 Å². The Morgan fingerprint density at radius 3 is 1.90 bits per heavy atom. The number of imide groups is 1. The van der Waals surface area contributed by atoms with E-state index >= 15 is 0 Å². The molecule has 0 fully saturated rings. The number of nitriles is 1. The molecule has 54 valence electrons. The van der Waals surface area contributed by atoms with E-state index in [4.69, 9.17) is 15.5 Å². The highest BCUT2D eigenvalue weighted by atomic mass is 16.4. The van der Waals surface area contributed by atoms with Gasteiger partial charge in [0.25, 0.3) is 0 Å². The van der Waals surface area contributed by atoms with Crippen LogP contribution >= 0.6 is 0 Å². The lowest BCUT2D eigenvalue weighted by Gasteiger charge is -2.06. The Balaban J connectivity index is 4.15. The van der Waals surface area contributed by atoms with Gasteiger partial charge in [0.15, 0.2) is 0 Å². The zero-order valence-electron chi connectivity index (χ0n) is 4.81. The normalized spacial score (nSPS) is 7.90. The molecule has 0 aliphatic rings. The summed E-state index contributed by atoms with van der Waals surface area (Å²) in [6, 6.07) is 1.39. The van der Waals surface area contributed by atoms with Crippen LogP contribution in [0.1, 0.15) is 0 Å². The molecule has 6 nitrogen and oxygen atoms in total. The van der Waals surface area contributed by atoms with Crippen molar-refractivity contribution < 1.29 is 19.8 Å². The Morgan fingerprint density at radius 1 is 1.40 bits per heavy atom. The summed E-state index contributed by atoms with van der Waals surface area (Å²) < 4.78 is 0. The molecule has 0 heterocycles. The van der Waals surface area contributed by atoms with Crippen molar-refractivity contribution in [1.82, 2.24) is 4.90 Å². The van der Waals surface area contributed by atoms with Crippen molar-refractivity contribution in [2.75, 3.05) is 6.54 Å². The highest BCUT2D eigenvalue weighted by Gasteiger charge is 2.17. The van der Waals surface area contributed by atoms with E-state index in [0.717, 1.165) is 0 Å². The van der Waals surface area contributed by atoms with Crippen molar-refractivity contribution in [2.24, 2.45) is 0 Å². The number of hydrogen-bond donors (Lipinski definition) is 2. The Kier molecular flexibility index (Phi) is 2.71. The fourth-order valence-electron chi connectivity index (χ4n) is 0.288. The second-order valence-electron chi connectivity index (χ2n) is 1.31. The van der Waals surface area contributed by atoms with Crippen LogP contribution in [-0.2, 0) is 0 Å². The molecular weight excluding hydrogens is 140 g/mol. The molecule has 0 aromatic rings. The minimum absolute atomic E-state index is 0.0139. The summed E-state index contributed by atoms with van der Waals surface area (Å²) in [4.78, 5) is 19.8. The number of nitrogens with zero attached hydrogens (tertiary/aromatic N) is 2. The third-order valence-corrected chi connectivity index (χ3v) is 0.691. The summed E-state index contributed by atoms with van der Waals surface area (Å²) >= 11 is 0. The van der Waals surface area contributed by atoms with Crippen molar-refractivity contribution in [3.8, 4) is 6.07 Å². The Morgan fingerprint density at radius 2 is 1.80 bits per heavy atom. The maximum Gasteiger partial charge on any atom is 0.417 e. The van der Waals surface area contributed by atoms with Crippen molar-refractivity contribution in [3.63, 3.8) is 0 Å². The second-order valence-corrected chi connectivity index (χ2v) is 1.31. The van der Waals surface area contributed by atoms with Gasteiger partial charge in [-0.3, -0.25) is 0 Å². The first-order valence-electron chi connectivity index (χ1n) is 2.20. The van der Waals surface area contributed by atoms with Gasteiger partial charge in [-0.15, -0.1) is 0 Å². The molecule has 0 rings (SSSR count). The zero-order valence-corrected chi connectivity index (χ0v) is 4.81. The van der Waals surface area contributed by atoms with Gasteiger partial charge in [0, 0.05) is 0 Å². The number of rotatable bonds is 1. The van der Waals surface area contributed by atoms with E-state index < -0.39 is 18.7 Å². The SMILES string of the molecule is N#CCN(C(=O)O)C(=O)O. The largest absolute Gasteiger partial charge is 0.464 e. The molecule has 0 unspecified atom stereocenters. The van der Waals surface area contributed by atoms with Gasteiger partial charge in [-0.1, -0.05) is 0 Å². The number of carbonyl (C=O) groups is 2. The van der Waals surface area contributed by atoms with Crippen molar-refractivity contribution in [3.05, 3.63) is 0 Å². The number of amides is 2. The van der Waals surface area contributed by atoms with Crippen LogP contribution in [0.25, 0.3) is 0 Å². The van der Waals surface area contributed by atoms with E-state index in [2.05, 4.69) is 0 Å². The molecule has 0 aromatic heterocycles.